The van der Waals surface area contributed by atoms with Gasteiger partial charge in [0.05, 0.1) is 11.6 Å². The molecule has 6 heteroatoms. The zero-order chi connectivity index (χ0) is 14.0. The van der Waals surface area contributed by atoms with Crippen LogP contribution in [0.5, 0.6) is 0 Å². The molecule has 1 amide bonds. The fourth-order valence-corrected chi connectivity index (χ4v) is 2.36. The van der Waals surface area contributed by atoms with Gasteiger partial charge in [0.1, 0.15) is 0 Å². The number of rotatable bonds is 3. The van der Waals surface area contributed by atoms with Gasteiger partial charge >= 0.3 is 6.18 Å². The van der Waals surface area contributed by atoms with Crippen LogP contribution in [0.4, 0.5) is 18.9 Å². The molecule has 0 spiro atoms. The molecule has 0 aliphatic carbocycles. The maximum atomic E-state index is 12.7. The van der Waals surface area contributed by atoms with Crippen molar-refractivity contribution in [3.05, 3.63) is 29.3 Å². The van der Waals surface area contributed by atoms with Gasteiger partial charge in [-0.25, -0.2) is 0 Å². The minimum Gasteiger partial charge on any atom is -0.382 e. The largest absolute Gasteiger partial charge is 0.416 e. The number of hydrogen-bond acceptors (Lipinski definition) is 2. The number of halogens is 3. The van der Waals surface area contributed by atoms with Crippen LogP contribution >= 0.6 is 0 Å². The van der Waals surface area contributed by atoms with E-state index in [1.165, 1.54) is 6.07 Å². The Kier molecular flexibility index (Phi) is 3.68. The second kappa shape index (κ2) is 5.11. The third-order valence-electron chi connectivity index (χ3n) is 3.40. The predicted molar refractivity (Wildman–Crippen MR) is 65.7 cm³/mol. The van der Waals surface area contributed by atoms with Crippen LogP contribution in [0.1, 0.15) is 36.9 Å². The van der Waals surface area contributed by atoms with Gasteiger partial charge in [0.25, 0.3) is 0 Å². The van der Waals surface area contributed by atoms with Crippen molar-refractivity contribution in [1.82, 2.24) is 5.32 Å². The number of fused-ring (bicyclic) bond motifs is 1. The van der Waals surface area contributed by atoms with E-state index in [9.17, 15) is 18.0 Å². The van der Waals surface area contributed by atoms with Gasteiger partial charge in [-0.05, 0) is 36.6 Å². The van der Waals surface area contributed by atoms with E-state index in [1.807, 2.05) is 6.92 Å². The number of carbonyl (C=O) groups excluding carboxylic acids is 1. The molecular weight excluding hydrogens is 257 g/mol. The van der Waals surface area contributed by atoms with Crippen molar-refractivity contribution in [3.8, 4) is 0 Å². The summed E-state index contributed by atoms with van der Waals surface area (Å²) in [5, 5.41) is 5.79. The van der Waals surface area contributed by atoms with Gasteiger partial charge in [0.2, 0.25) is 6.41 Å². The van der Waals surface area contributed by atoms with Gasteiger partial charge in [-0.3, -0.25) is 4.79 Å². The van der Waals surface area contributed by atoms with Crippen molar-refractivity contribution in [3.63, 3.8) is 0 Å². The van der Waals surface area contributed by atoms with Crippen LogP contribution in [0.2, 0.25) is 0 Å². The summed E-state index contributed by atoms with van der Waals surface area (Å²) in [4.78, 5) is 10.6. The van der Waals surface area contributed by atoms with E-state index in [-0.39, 0.29) is 12.1 Å². The molecule has 1 heterocycles. The Balaban J connectivity index is 2.40. The Bertz CT molecular complexity index is 473. The Hall–Kier alpha value is -1.72. The standard InChI is InChI=1S/C13H15F3N2O/c1-2-9-6-12(17-7-19)10-5-8(13(14,15)16)3-4-11(10)18-9/h3-5,7,9,12,18H,2,6H2,1H3,(H,17,19). The molecule has 2 unspecified atom stereocenters. The minimum atomic E-state index is -4.37. The lowest BCUT2D eigenvalue weighted by Crippen LogP contribution is -2.34. The zero-order valence-corrected chi connectivity index (χ0v) is 10.4. The first-order valence-electron chi connectivity index (χ1n) is 6.13. The van der Waals surface area contributed by atoms with Crippen LogP contribution in [-0.4, -0.2) is 12.5 Å². The van der Waals surface area contributed by atoms with Crippen LogP contribution in [0, 0.1) is 0 Å². The van der Waals surface area contributed by atoms with Crippen LogP contribution < -0.4 is 10.6 Å². The molecule has 0 fully saturated rings. The summed E-state index contributed by atoms with van der Waals surface area (Å²) < 4.78 is 38.1. The fourth-order valence-electron chi connectivity index (χ4n) is 2.36. The summed E-state index contributed by atoms with van der Waals surface area (Å²) in [5.41, 5.74) is 0.456. The molecular formula is C13H15F3N2O. The Labute approximate surface area is 109 Å². The van der Waals surface area contributed by atoms with Crippen molar-refractivity contribution >= 4 is 12.1 Å². The lowest BCUT2D eigenvalue weighted by Gasteiger charge is -2.33. The lowest BCUT2D eigenvalue weighted by atomic mass is 9.90. The third kappa shape index (κ3) is 2.83. The molecule has 0 aromatic heterocycles. The van der Waals surface area contributed by atoms with Crippen molar-refractivity contribution in [1.29, 1.82) is 0 Å². The van der Waals surface area contributed by atoms with Crippen molar-refractivity contribution in [2.24, 2.45) is 0 Å². The monoisotopic (exact) mass is 272 g/mol. The quantitative estimate of drug-likeness (QED) is 0.830. The molecule has 1 aliphatic rings. The van der Waals surface area contributed by atoms with E-state index >= 15 is 0 Å². The maximum Gasteiger partial charge on any atom is 0.416 e. The number of alkyl halides is 3. The Morgan fingerprint density at radius 2 is 2.21 bits per heavy atom. The van der Waals surface area contributed by atoms with E-state index in [0.717, 1.165) is 18.6 Å². The second-order valence-corrected chi connectivity index (χ2v) is 4.62. The van der Waals surface area contributed by atoms with Gasteiger partial charge in [-0.2, -0.15) is 13.2 Å². The summed E-state index contributed by atoms with van der Waals surface area (Å²) >= 11 is 0. The van der Waals surface area contributed by atoms with Crippen LogP contribution in [0.25, 0.3) is 0 Å². The molecule has 1 aromatic rings. The molecule has 2 N–H and O–H groups in total. The van der Waals surface area contributed by atoms with Gasteiger partial charge < -0.3 is 10.6 Å². The van der Waals surface area contributed by atoms with Crippen LogP contribution in [-0.2, 0) is 11.0 Å². The van der Waals surface area contributed by atoms with Gasteiger partial charge in [-0.15, -0.1) is 0 Å². The summed E-state index contributed by atoms with van der Waals surface area (Å²) in [7, 11) is 0. The number of hydrogen-bond donors (Lipinski definition) is 2. The minimum absolute atomic E-state index is 0.154. The summed E-state index contributed by atoms with van der Waals surface area (Å²) in [6.07, 6.45) is -2.41. The first-order valence-corrected chi connectivity index (χ1v) is 6.13. The average molecular weight is 272 g/mol. The Morgan fingerprint density at radius 3 is 2.79 bits per heavy atom. The summed E-state index contributed by atoms with van der Waals surface area (Å²) in [5.74, 6) is 0. The first-order chi connectivity index (χ1) is 8.95. The third-order valence-corrected chi connectivity index (χ3v) is 3.40. The van der Waals surface area contributed by atoms with Crippen LogP contribution in [0.3, 0.4) is 0 Å². The van der Waals surface area contributed by atoms with Gasteiger partial charge in [0, 0.05) is 11.7 Å². The second-order valence-electron chi connectivity index (χ2n) is 4.62. The van der Waals surface area contributed by atoms with E-state index in [1.54, 1.807) is 0 Å². The molecule has 2 atom stereocenters. The molecule has 19 heavy (non-hydrogen) atoms. The number of nitrogens with one attached hydrogen (secondary N) is 2. The fraction of sp³-hybridized carbons (Fsp3) is 0.462. The maximum absolute atomic E-state index is 12.7. The summed E-state index contributed by atoms with van der Waals surface area (Å²) in [6, 6.07) is 3.37. The molecule has 3 nitrogen and oxygen atoms in total. The summed E-state index contributed by atoms with van der Waals surface area (Å²) in [6.45, 7) is 1.99. The molecule has 0 saturated carbocycles. The Morgan fingerprint density at radius 1 is 1.47 bits per heavy atom. The highest BCUT2D eigenvalue weighted by atomic mass is 19.4. The average Bonchev–Trinajstić information content (AvgIpc) is 2.37. The van der Waals surface area contributed by atoms with Gasteiger partial charge in [0.15, 0.2) is 0 Å². The smallest absolute Gasteiger partial charge is 0.382 e. The topological polar surface area (TPSA) is 41.1 Å². The van der Waals surface area contributed by atoms with E-state index < -0.39 is 11.7 Å². The zero-order valence-electron chi connectivity index (χ0n) is 10.4. The highest BCUT2D eigenvalue weighted by Crippen LogP contribution is 2.38. The number of amides is 1. The molecule has 0 radical (unpaired) electrons. The highest BCUT2D eigenvalue weighted by molar-refractivity contribution is 5.59. The molecule has 1 aliphatic heterocycles. The van der Waals surface area contributed by atoms with Crippen molar-refractivity contribution in [2.75, 3.05) is 5.32 Å². The SMILES string of the molecule is CCC1CC(NC=O)c2cc(C(F)(F)F)ccc2N1. The van der Waals surface area contributed by atoms with E-state index in [0.29, 0.717) is 24.1 Å². The number of anilines is 1. The lowest BCUT2D eigenvalue weighted by molar-refractivity contribution is -0.137. The number of benzene rings is 1. The highest BCUT2D eigenvalue weighted by Gasteiger charge is 2.33. The normalized spacial score (nSPS) is 22.3. The molecule has 1 aromatic carbocycles. The van der Waals surface area contributed by atoms with Crippen molar-refractivity contribution < 1.29 is 18.0 Å². The van der Waals surface area contributed by atoms with Crippen molar-refractivity contribution in [2.45, 2.75) is 38.0 Å². The van der Waals surface area contributed by atoms with E-state index in [2.05, 4.69) is 10.6 Å². The molecule has 0 bridgehead atoms. The molecule has 0 saturated heterocycles. The number of carbonyl (C=O) groups is 1. The first kappa shape index (κ1) is 13.7. The molecule has 2 rings (SSSR count). The van der Waals surface area contributed by atoms with Gasteiger partial charge in [-0.1, -0.05) is 6.92 Å². The van der Waals surface area contributed by atoms with Crippen LogP contribution in [0.15, 0.2) is 18.2 Å². The van der Waals surface area contributed by atoms with E-state index in [4.69, 9.17) is 0 Å². The predicted octanol–water partition coefficient (Wildman–Crippen LogP) is 3.09. The molecule has 104 valence electrons.